The molecule has 5 aromatic rings. The molecule has 3 amide bonds. The topological polar surface area (TPSA) is 165 Å². The first-order valence-electron chi connectivity index (χ1n) is 22.1. The van der Waals surface area contributed by atoms with E-state index in [1.165, 1.54) is 0 Å². The first-order chi connectivity index (χ1) is 31.0. The number of nitrogens with zero attached hydrogens (tertiary/aromatic N) is 8. The fraction of sp³-hybridized carbons (Fsp3) is 0.435. The van der Waals surface area contributed by atoms with E-state index >= 15 is 8.78 Å². The zero-order chi connectivity index (χ0) is 44.1. The lowest BCUT2D eigenvalue weighted by Crippen LogP contribution is -2.61. The first kappa shape index (κ1) is 41.6. The molecular formula is C46H52F2N12O4. The summed E-state index contributed by atoms with van der Waals surface area (Å²) in [6.07, 6.45) is 7.16. The molecule has 0 spiro atoms. The summed E-state index contributed by atoms with van der Waals surface area (Å²) in [6.45, 7) is 3.54. The third-order valence-electron chi connectivity index (χ3n) is 13.2. The first-order valence-corrected chi connectivity index (χ1v) is 22.1. The Balaban J connectivity index is 0.756. The molecule has 3 aromatic heterocycles. The second-order valence-electron chi connectivity index (χ2n) is 17.4. The molecular weight excluding hydrogens is 823 g/mol. The fourth-order valence-corrected chi connectivity index (χ4v) is 9.65. The molecule has 334 valence electrons. The minimum Gasteiger partial charge on any atom is -0.495 e. The number of likely N-dealkylation sites (tertiary alicyclic amines) is 1. The molecule has 1 aliphatic carbocycles. The number of aromatic nitrogens is 4. The van der Waals surface area contributed by atoms with Crippen LogP contribution in [0, 0.1) is 0 Å². The SMILES string of the molecule is CNc1cc(N2CCc3c(-c4ccc(CN5CCC(N6CCN(c7ccc(NC8CCC(=O)NC8=O)c(OC)c7)CC6)C(F)(F)C5)cn4)cccc32)nn2c(C(=O)NC3CC3)cnc12. The Hall–Kier alpha value is -6.40. The number of imide groups is 1. The number of hydrogen-bond acceptors (Lipinski definition) is 13. The molecule has 18 heteroatoms. The number of ether oxygens (including phenoxy) is 1. The molecule has 0 bridgehead atoms. The van der Waals surface area contributed by atoms with Crippen molar-refractivity contribution in [3.8, 4) is 17.0 Å². The van der Waals surface area contributed by atoms with Crippen molar-refractivity contribution < 1.29 is 27.9 Å². The van der Waals surface area contributed by atoms with Crippen LogP contribution in [-0.4, -0.2) is 131 Å². The van der Waals surface area contributed by atoms with E-state index in [4.69, 9.17) is 14.8 Å². The number of alkyl halides is 2. The van der Waals surface area contributed by atoms with E-state index in [2.05, 4.69) is 48.2 Å². The Bertz CT molecular complexity index is 2590. The quantitative estimate of drug-likeness (QED) is 0.128. The van der Waals surface area contributed by atoms with Gasteiger partial charge in [0.05, 0.1) is 43.0 Å². The monoisotopic (exact) mass is 874 g/mol. The van der Waals surface area contributed by atoms with E-state index in [0.717, 1.165) is 58.7 Å². The summed E-state index contributed by atoms with van der Waals surface area (Å²) >= 11 is 0. The largest absolute Gasteiger partial charge is 0.495 e. The van der Waals surface area contributed by atoms with Crippen LogP contribution in [0.5, 0.6) is 5.75 Å². The number of pyridine rings is 1. The number of piperidine rings is 2. The number of fused-ring (bicyclic) bond motifs is 2. The van der Waals surface area contributed by atoms with Crippen LogP contribution in [0.2, 0.25) is 0 Å². The summed E-state index contributed by atoms with van der Waals surface area (Å²) in [5, 5.41) is 16.7. The second-order valence-corrected chi connectivity index (χ2v) is 17.4. The van der Waals surface area contributed by atoms with Crippen molar-refractivity contribution in [2.24, 2.45) is 0 Å². The van der Waals surface area contributed by atoms with Gasteiger partial charge in [-0.1, -0.05) is 18.2 Å². The van der Waals surface area contributed by atoms with Gasteiger partial charge >= 0.3 is 0 Å². The summed E-state index contributed by atoms with van der Waals surface area (Å²) in [7, 11) is 3.39. The molecule has 16 nitrogen and oxygen atoms in total. The zero-order valence-electron chi connectivity index (χ0n) is 35.9. The van der Waals surface area contributed by atoms with Gasteiger partial charge in [0.1, 0.15) is 11.8 Å². The van der Waals surface area contributed by atoms with Gasteiger partial charge in [0.2, 0.25) is 11.8 Å². The Labute approximate surface area is 369 Å². The molecule has 4 aliphatic heterocycles. The van der Waals surface area contributed by atoms with Crippen LogP contribution >= 0.6 is 0 Å². The van der Waals surface area contributed by atoms with Crippen LogP contribution in [0.4, 0.5) is 37.3 Å². The summed E-state index contributed by atoms with van der Waals surface area (Å²) in [6, 6.07) is 16.6. The normalized spacial score (nSPS) is 21.4. The van der Waals surface area contributed by atoms with Crippen molar-refractivity contribution in [1.29, 1.82) is 0 Å². The van der Waals surface area contributed by atoms with Crippen LogP contribution in [-0.2, 0) is 22.6 Å². The van der Waals surface area contributed by atoms with E-state index in [1.807, 2.05) is 59.3 Å². The van der Waals surface area contributed by atoms with Crippen molar-refractivity contribution in [3.05, 3.63) is 83.8 Å². The number of halogens is 2. The standard InChI is InChI=1S/C46H52F2N12O4/c1-49-36-23-41(55-60-38(25-51-43(36)60)45(63)52-29-7-8-29)59-17-14-32-31(4-3-5-37(32)59)33-10-6-28(24-50-33)26-56-16-15-40(46(47,48)27-56)58-20-18-57(19-21-58)30-9-11-34(39(22-30)64-2)53-35-12-13-42(61)54-44(35)62/h3-6,9-11,22-25,29,35,40,49,53H,7-8,12-21,26-27H2,1-2H3,(H,52,63)(H,54,61,62). The number of piperazine rings is 1. The van der Waals surface area contributed by atoms with E-state index in [9.17, 15) is 14.4 Å². The number of anilines is 5. The van der Waals surface area contributed by atoms with Gasteiger partial charge in [-0.2, -0.15) is 0 Å². The van der Waals surface area contributed by atoms with E-state index in [-0.39, 0.29) is 36.7 Å². The minimum absolute atomic E-state index is 0.184. The van der Waals surface area contributed by atoms with Gasteiger partial charge in [0.25, 0.3) is 11.8 Å². The van der Waals surface area contributed by atoms with Crippen LogP contribution in [0.3, 0.4) is 0 Å². The Kier molecular flexibility index (Phi) is 11.0. The highest BCUT2D eigenvalue weighted by atomic mass is 19.3. The third-order valence-corrected chi connectivity index (χ3v) is 13.2. The second kappa shape index (κ2) is 17.0. The summed E-state index contributed by atoms with van der Waals surface area (Å²) in [5.41, 5.74) is 8.19. The lowest BCUT2D eigenvalue weighted by Gasteiger charge is -2.46. The molecule has 5 aliphatic rings. The number of amides is 3. The van der Waals surface area contributed by atoms with Gasteiger partial charge in [0.15, 0.2) is 17.2 Å². The molecule has 0 radical (unpaired) electrons. The number of rotatable bonds is 12. The molecule has 2 atom stereocenters. The average molecular weight is 875 g/mol. The van der Waals surface area contributed by atoms with Crippen molar-refractivity contribution in [2.75, 3.05) is 80.4 Å². The Morgan fingerprint density at radius 3 is 2.50 bits per heavy atom. The molecule has 3 saturated heterocycles. The smallest absolute Gasteiger partial charge is 0.275 e. The molecule has 1 saturated carbocycles. The summed E-state index contributed by atoms with van der Waals surface area (Å²) in [5.74, 6) is -2.43. The highest BCUT2D eigenvalue weighted by Gasteiger charge is 2.48. The van der Waals surface area contributed by atoms with E-state index < -0.39 is 18.0 Å². The zero-order valence-corrected chi connectivity index (χ0v) is 35.9. The lowest BCUT2D eigenvalue weighted by atomic mass is 9.97. The fourth-order valence-electron chi connectivity index (χ4n) is 9.65. The number of imidazole rings is 1. The molecule has 4 N–H and O–H groups in total. The Morgan fingerprint density at radius 2 is 1.77 bits per heavy atom. The lowest BCUT2D eigenvalue weighted by molar-refractivity contribution is -0.133. The van der Waals surface area contributed by atoms with E-state index in [1.54, 1.807) is 24.0 Å². The highest BCUT2D eigenvalue weighted by molar-refractivity contribution is 6.01. The molecule has 2 unspecified atom stereocenters. The number of methoxy groups -OCH3 is 1. The van der Waals surface area contributed by atoms with Gasteiger partial charge in [-0.05, 0) is 67.5 Å². The maximum absolute atomic E-state index is 16.0. The predicted octanol–water partition coefficient (Wildman–Crippen LogP) is 4.68. The minimum atomic E-state index is -2.88. The molecule has 10 rings (SSSR count). The number of carbonyl (C=O) groups excluding carboxylic acids is 3. The number of hydrogen-bond donors (Lipinski definition) is 4. The predicted molar refractivity (Wildman–Crippen MR) is 239 cm³/mol. The summed E-state index contributed by atoms with van der Waals surface area (Å²) < 4.78 is 39.2. The maximum atomic E-state index is 16.0. The van der Waals surface area contributed by atoms with Gasteiger partial charge < -0.3 is 30.5 Å². The molecule has 4 fully saturated rings. The van der Waals surface area contributed by atoms with Gasteiger partial charge in [-0.15, -0.1) is 5.10 Å². The van der Waals surface area contributed by atoms with Crippen molar-refractivity contribution >= 4 is 51.9 Å². The molecule has 2 aromatic carbocycles. The molecule has 7 heterocycles. The number of nitrogens with one attached hydrogen (secondary N) is 4. The van der Waals surface area contributed by atoms with Crippen LogP contribution in [0.15, 0.2) is 67.0 Å². The third kappa shape index (κ3) is 8.15. The molecule has 64 heavy (non-hydrogen) atoms. The maximum Gasteiger partial charge on any atom is 0.275 e. The van der Waals surface area contributed by atoms with E-state index in [0.29, 0.717) is 87.3 Å². The number of benzene rings is 2. The number of carbonyl (C=O) groups is 3. The average Bonchev–Trinajstić information content (AvgIpc) is 3.83. The van der Waals surface area contributed by atoms with Crippen LogP contribution in [0.25, 0.3) is 16.9 Å². The Morgan fingerprint density at radius 1 is 0.922 bits per heavy atom. The van der Waals surface area contributed by atoms with Crippen molar-refractivity contribution in [1.82, 2.24) is 40.0 Å². The van der Waals surface area contributed by atoms with Crippen LogP contribution in [0.1, 0.15) is 53.7 Å². The van der Waals surface area contributed by atoms with Crippen molar-refractivity contribution in [3.63, 3.8) is 0 Å². The van der Waals surface area contributed by atoms with Gasteiger partial charge in [-0.25, -0.2) is 18.3 Å². The van der Waals surface area contributed by atoms with Crippen LogP contribution < -0.4 is 35.8 Å². The van der Waals surface area contributed by atoms with Gasteiger partial charge in [-0.3, -0.25) is 34.5 Å². The van der Waals surface area contributed by atoms with Gasteiger partial charge in [0, 0.05) is 101 Å². The highest BCUT2D eigenvalue weighted by Crippen LogP contribution is 2.40. The van der Waals surface area contributed by atoms with Crippen molar-refractivity contribution in [2.45, 2.75) is 69.1 Å². The summed E-state index contributed by atoms with van der Waals surface area (Å²) in [4.78, 5) is 54.4.